The Morgan fingerprint density at radius 3 is 2.42 bits per heavy atom. The number of hydrogen-bond acceptors (Lipinski definition) is 4. The molecule has 0 aliphatic rings. The fourth-order valence-corrected chi connectivity index (χ4v) is 3.64. The SMILES string of the molecule is CCCC[C@@H](NS(=O)(=O)c1ccc(Oc2ccccc2Cl)cc1)C(=O)O. The molecule has 2 aromatic carbocycles. The lowest BCUT2D eigenvalue weighted by molar-refractivity contribution is -0.139. The summed E-state index contributed by atoms with van der Waals surface area (Å²) in [7, 11) is -3.95. The van der Waals surface area contributed by atoms with Gasteiger partial charge in [0.05, 0.1) is 9.92 Å². The summed E-state index contributed by atoms with van der Waals surface area (Å²) in [5.74, 6) is -0.327. The first-order chi connectivity index (χ1) is 12.3. The zero-order chi connectivity index (χ0) is 19.2. The number of unbranched alkanes of at least 4 members (excludes halogenated alkanes) is 1. The van der Waals surface area contributed by atoms with Gasteiger partial charge >= 0.3 is 5.97 Å². The highest BCUT2D eigenvalue weighted by Gasteiger charge is 2.24. The maximum atomic E-state index is 12.4. The summed E-state index contributed by atoms with van der Waals surface area (Å²) in [5.41, 5.74) is 0. The molecule has 2 N–H and O–H groups in total. The molecular weight excluding hydrogens is 378 g/mol. The molecule has 2 aromatic rings. The van der Waals surface area contributed by atoms with E-state index in [1.807, 2.05) is 6.92 Å². The summed E-state index contributed by atoms with van der Waals surface area (Å²) >= 11 is 6.02. The Labute approximate surface area is 157 Å². The van der Waals surface area contributed by atoms with Crippen LogP contribution in [0.25, 0.3) is 0 Å². The molecule has 0 bridgehead atoms. The van der Waals surface area contributed by atoms with Gasteiger partial charge in [-0.05, 0) is 42.8 Å². The number of halogens is 1. The van der Waals surface area contributed by atoms with Crippen molar-refractivity contribution in [2.45, 2.75) is 37.1 Å². The van der Waals surface area contributed by atoms with Crippen molar-refractivity contribution in [1.82, 2.24) is 4.72 Å². The Morgan fingerprint density at radius 2 is 1.85 bits per heavy atom. The molecule has 2 rings (SSSR count). The van der Waals surface area contributed by atoms with Crippen LogP contribution in [0.5, 0.6) is 11.5 Å². The monoisotopic (exact) mass is 397 g/mol. The van der Waals surface area contributed by atoms with Crippen molar-refractivity contribution < 1.29 is 23.1 Å². The number of sulfonamides is 1. The first-order valence-electron chi connectivity index (χ1n) is 8.11. The number of ether oxygens (including phenoxy) is 1. The lowest BCUT2D eigenvalue weighted by Gasteiger charge is -2.15. The lowest BCUT2D eigenvalue weighted by atomic mass is 10.1. The topological polar surface area (TPSA) is 92.7 Å². The third kappa shape index (κ3) is 5.45. The van der Waals surface area contributed by atoms with Crippen LogP contribution in [0.4, 0.5) is 0 Å². The molecule has 26 heavy (non-hydrogen) atoms. The van der Waals surface area contributed by atoms with Gasteiger partial charge in [-0.3, -0.25) is 4.79 Å². The lowest BCUT2D eigenvalue weighted by Crippen LogP contribution is -2.40. The molecule has 0 saturated carbocycles. The van der Waals surface area contributed by atoms with Crippen LogP contribution in [0.15, 0.2) is 53.4 Å². The van der Waals surface area contributed by atoms with Gasteiger partial charge in [0.25, 0.3) is 0 Å². The van der Waals surface area contributed by atoms with E-state index in [4.69, 9.17) is 16.3 Å². The molecule has 0 fully saturated rings. The minimum absolute atomic E-state index is 0.0354. The van der Waals surface area contributed by atoms with Gasteiger partial charge in [0.15, 0.2) is 0 Å². The van der Waals surface area contributed by atoms with E-state index in [9.17, 15) is 18.3 Å². The highest BCUT2D eigenvalue weighted by atomic mass is 35.5. The summed E-state index contributed by atoms with van der Waals surface area (Å²) < 4.78 is 32.6. The molecule has 0 radical (unpaired) electrons. The van der Waals surface area contributed by atoms with E-state index in [-0.39, 0.29) is 11.3 Å². The molecule has 140 valence electrons. The van der Waals surface area contributed by atoms with Crippen LogP contribution >= 0.6 is 11.6 Å². The largest absolute Gasteiger partial charge is 0.480 e. The van der Waals surface area contributed by atoms with Crippen LogP contribution in [0.2, 0.25) is 5.02 Å². The van der Waals surface area contributed by atoms with Crippen molar-refractivity contribution in [3.63, 3.8) is 0 Å². The Bertz CT molecular complexity index is 852. The summed E-state index contributed by atoms with van der Waals surface area (Å²) in [6, 6.07) is 11.4. The molecule has 8 heteroatoms. The molecule has 0 aliphatic carbocycles. The third-order valence-corrected chi connectivity index (χ3v) is 5.44. The fraction of sp³-hybridized carbons (Fsp3) is 0.278. The van der Waals surface area contributed by atoms with Gasteiger partial charge in [-0.1, -0.05) is 43.5 Å². The number of nitrogens with one attached hydrogen (secondary N) is 1. The van der Waals surface area contributed by atoms with Crippen molar-refractivity contribution >= 4 is 27.6 Å². The molecule has 0 heterocycles. The first-order valence-corrected chi connectivity index (χ1v) is 9.97. The van der Waals surface area contributed by atoms with E-state index in [0.717, 1.165) is 6.42 Å². The minimum Gasteiger partial charge on any atom is -0.480 e. The number of carbonyl (C=O) groups is 1. The van der Waals surface area contributed by atoms with Gasteiger partial charge in [-0.15, -0.1) is 0 Å². The van der Waals surface area contributed by atoms with Crippen molar-refractivity contribution in [2.24, 2.45) is 0 Å². The van der Waals surface area contributed by atoms with Crippen molar-refractivity contribution in [1.29, 1.82) is 0 Å². The second kappa shape index (κ2) is 9.02. The second-order valence-electron chi connectivity index (χ2n) is 5.66. The molecule has 0 spiro atoms. The molecule has 0 saturated heterocycles. The molecule has 0 aliphatic heterocycles. The van der Waals surface area contributed by atoms with Gasteiger partial charge < -0.3 is 9.84 Å². The summed E-state index contributed by atoms with van der Waals surface area (Å²) in [6.07, 6.45) is 1.63. The number of hydrogen-bond donors (Lipinski definition) is 2. The summed E-state index contributed by atoms with van der Waals surface area (Å²) in [5, 5.41) is 9.62. The highest BCUT2D eigenvalue weighted by molar-refractivity contribution is 7.89. The number of aliphatic carboxylic acids is 1. The summed E-state index contributed by atoms with van der Waals surface area (Å²) in [4.78, 5) is 11.2. The van der Waals surface area contributed by atoms with Crippen LogP contribution in [0, 0.1) is 0 Å². The van der Waals surface area contributed by atoms with Crippen molar-refractivity contribution in [2.75, 3.05) is 0 Å². The van der Waals surface area contributed by atoms with E-state index < -0.39 is 22.0 Å². The van der Waals surface area contributed by atoms with Gasteiger partial charge in [-0.25, -0.2) is 8.42 Å². The zero-order valence-electron chi connectivity index (χ0n) is 14.2. The maximum absolute atomic E-state index is 12.4. The maximum Gasteiger partial charge on any atom is 0.321 e. The first kappa shape index (κ1) is 20.2. The van der Waals surface area contributed by atoms with Crippen molar-refractivity contribution in [3.05, 3.63) is 53.6 Å². The van der Waals surface area contributed by atoms with Crippen LogP contribution in [0.3, 0.4) is 0 Å². The van der Waals surface area contributed by atoms with Gasteiger partial charge in [0, 0.05) is 0 Å². The fourth-order valence-electron chi connectivity index (χ4n) is 2.24. The molecule has 0 unspecified atom stereocenters. The Balaban J connectivity index is 2.13. The van der Waals surface area contributed by atoms with Crippen LogP contribution in [0.1, 0.15) is 26.2 Å². The number of carboxylic acids is 1. The van der Waals surface area contributed by atoms with Crippen LogP contribution in [-0.4, -0.2) is 25.5 Å². The predicted octanol–water partition coefficient (Wildman–Crippen LogP) is 4.05. The minimum atomic E-state index is -3.95. The average Bonchev–Trinajstić information content (AvgIpc) is 2.61. The van der Waals surface area contributed by atoms with E-state index in [2.05, 4.69) is 4.72 Å². The number of carboxylic acid groups (broad SMARTS) is 1. The standard InChI is InChI=1S/C18H20ClNO5S/c1-2-3-7-16(18(21)22)20-26(23,24)14-11-9-13(10-12-14)25-17-8-5-4-6-15(17)19/h4-6,8-12,16,20H,2-3,7H2,1H3,(H,21,22)/t16-/m1/s1. The average molecular weight is 398 g/mol. The highest BCUT2D eigenvalue weighted by Crippen LogP contribution is 2.29. The molecule has 1 atom stereocenters. The van der Waals surface area contributed by atoms with Gasteiger partial charge in [0.1, 0.15) is 17.5 Å². The van der Waals surface area contributed by atoms with Crippen molar-refractivity contribution in [3.8, 4) is 11.5 Å². The predicted molar refractivity (Wildman–Crippen MR) is 99.2 cm³/mol. The quantitative estimate of drug-likeness (QED) is 0.665. The number of para-hydroxylation sites is 1. The Hall–Kier alpha value is -2.09. The number of rotatable bonds is 9. The zero-order valence-corrected chi connectivity index (χ0v) is 15.8. The van der Waals surface area contributed by atoms with E-state index >= 15 is 0 Å². The molecule has 0 aromatic heterocycles. The van der Waals surface area contributed by atoms with E-state index in [0.29, 0.717) is 22.9 Å². The normalized spacial score (nSPS) is 12.5. The molecule has 0 amide bonds. The molecular formula is C18H20ClNO5S. The van der Waals surface area contributed by atoms with E-state index in [1.54, 1.807) is 24.3 Å². The van der Waals surface area contributed by atoms with Crippen LogP contribution < -0.4 is 9.46 Å². The summed E-state index contributed by atoms with van der Waals surface area (Å²) in [6.45, 7) is 1.91. The smallest absolute Gasteiger partial charge is 0.321 e. The van der Waals surface area contributed by atoms with E-state index in [1.165, 1.54) is 24.3 Å². The van der Waals surface area contributed by atoms with Gasteiger partial charge in [-0.2, -0.15) is 4.72 Å². The van der Waals surface area contributed by atoms with Gasteiger partial charge in [0.2, 0.25) is 10.0 Å². The number of benzene rings is 2. The second-order valence-corrected chi connectivity index (χ2v) is 7.78. The molecule has 6 nitrogen and oxygen atoms in total. The Morgan fingerprint density at radius 1 is 1.19 bits per heavy atom. The third-order valence-electron chi connectivity index (χ3n) is 3.64. The Kier molecular flexibility index (Phi) is 7.02. The van der Waals surface area contributed by atoms with Crippen LogP contribution in [-0.2, 0) is 14.8 Å².